The number of piperidine rings is 1. The zero-order valence-corrected chi connectivity index (χ0v) is 13.7. The van der Waals surface area contributed by atoms with Gasteiger partial charge in [-0.3, -0.25) is 4.90 Å². The summed E-state index contributed by atoms with van der Waals surface area (Å²) in [4.78, 5) is 2.40. The van der Waals surface area contributed by atoms with E-state index in [1.54, 1.807) is 12.1 Å². The molecule has 1 aliphatic heterocycles. The van der Waals surface area contributed by atoms with Crippen molar-refractivity contribution in [3.05, 3.63) is 53.6 Å². The van der Waals surface area contributed by atoms with Gasteiger partial charge in [-0.25, -0.2) is 9.07 Å². The predicted octanol–water partition coefficient (Wildman–Crippen LogP) is 2.30. The molecule has 0 amide bonds. The van der Waals surface area contributed by atoms with Crippen molar-refractivity contribution in [1.82, 2.24) is 19.9 Å². The Morgan fingerprint density at radius 3 is 2.67 bits per heavy atom. The van der Waals surface area contributed by atoms with Crippen LogP contribution in [0.3, 0.4) is 0 Å². The first-order valence-corrected chi connectivity index (χ1v) is 8.40. The Morgan fingerprint density at radius 2 is 1.96 bits per heavy atom. The fourth-order valence-corrected chi connectivity index (χ4v) is 3.00. The van der Waals surface area contributed by atoms with Gasteiger partial charge in [-0.1, -0.05) is 29.5 Å². The number of aromatic nitrogens is 3. The van der Waals surface area contributed by atoms with Crippen molar-refractivity contribution in [2.24, 2.45) is 0 Å². The van der Waals surface area contributed by atoms with E-state index in [2.05, 4.69) is 21.3 Å². The van der Waals surface area contributed by atoms with Crippen molar-refractivity contribution < 1.29 is 9.50 Å². The lowest BCUT2D eigenvalue weighted by Crippen LogP contribution is -2.34. The van der Waals surface area contributed by atoms with Crippen LogP contribution >= 0.6 is 0 Å². The number of hydrogen-bond donors (Lipinski definition) is 1. The van der Waals surface area contributed by atoms with E-state index in [1.165, 1.54) is 12.1 Å². The minimum atomic E-state index is -0.204. The van der Waals surface area contributed by atoms with Crippen LogP contribution < -0.4 is 0 Å². The average molecular weight is 330 g/mol. The second-order valence-electron chi connectivity index (χ2n) is 6.15. The highest BCUT2D eigenvalue weighted by Gasteiger charge is 2.20. The lowest BCUT2D eigenvalue weighted by molar-refractivity contribution is 0.194. The molecule has 1 saturated heterocycles. The van der Waals surface area contributed by atoms with Gasteiger partial charge in [0.05, 0.1) is 11.7 Å². The molecule has 1 N–H and O–H groups in total. The van der Waals surface area contributed by atoms with E-state index in [0.717, 1.165) is 43.7 Å². The van der Waals surface area contributed by atoms with Gasteiger partial charge < -0.3 is 5.11 Å². The van der Waals surface area contributed by atoms with Crippen LogP contribution in [-0.4, -0.2) is 51.2 Å². The molecule has 2 aromatic rings. The third-order valence-electron chi connectivity index (χ3n) is 4.40. The zero-order valence-electron chi connectivity index (χ0n) is 13.7. The van der Waals surface area contributed by atoms with Gasteiger partial charge in [0.2, 0.25) is 0 Å². The molecule has 6 heteroatoms. The maximum atomic E-state index is 12.9. The van der Waals surface area contributed by atoms with Crippen LogP contribution in [0.5, 0.6) is 0 Å². The van der Waals surface area contributed by atoms with Gasteiger partial charge >= 0.3 is 0 Å². The molecule has 128 valence electrons. The van der Waals surface area contributed by atoms with Gasteiger partial charge in [0, 0.05) is 38.9 Å². The Kier molecular flexibility index (Phi) is 5.72. The SMILES string of the molecule is OCCc1cn(C2CCN(CC=Cc3ccc(F)cc3)CC2)nn1. The molecule has 0 radical (unpaired) electrons. The number of halogens is 1. The van der Waals surface area contributed by atoms with Crippen LogP contribution in [0.4, 0.5) is 4.39 Å². The molecule has 24 heavy (non-hydrogen) atoms. The van der Waals surface area contributed by atoms with Crippen molar-refractivity contribution in [1.29, 1.82) is 0 Å². The maximum absolute atomic E-state index is 12.9. The number of hydrogen-bond acceptors (Lipinski definition) is 4. The molecule has 1 fully saturated rings. The van der Waals surface area contributed by atoms with Crippen molar-refractivity contribution in [3.8, 4) is 0 Å². The number of aliphatic hydroxyl groups excluding tert-OH is 1. The highest BCUT2D eigenvalue weighted by Crippen LogP contribution is 2.21. The molecule has 0 saturated carbocycles. The minimum absolute atomic E-state index is 0.109. The first-order valence-electron chi connectivity index (χ1n) is 8.40. The van der Waals surface area contributed by atoms with E-state index in [1.807, 2.05) is 17.0 Å². The summed E-state index contributed by atoms with van der Waals surface area (Å²) in [5.41, 5.74) is 1.87. The lowest BCUT2D eigenvalue weighted by atomic mass is 10.1. The minimum Gasteiger partial charge on any atom is -0.396 e. The van der Waals surface area contributed by atoms with Gasteiger partial charge in [-0.05, 0) is 30.5 Å². The summed E-state index contributed by atoms with van der Waals surface area (Å²) < 4.78 is 14.8. The van der Waals surface area contributed by atoms with Gasteiger partial charge in [0.1, 0.15) is 5.82 Å². The average Bonchev–Trinajstić information content (AvgIpc) is 3.06. The smallest absolute Gasteiger partial charge is 0.123 e. The molecule has 5 nitrogen and oxygen atoms in total. The van der Waals surface area contributed by atoms with E-state index in [-0.39, 0.29) is 12.4 Å². The summed E-state index contributed by atoms with van der Waals surface area (Å²) in [6.07, 6.45) is 8.77. The number of likely N-dealkylation sites (tertiary alicyclic amines) is 1. The van der Waals surface area contributed by atoms with Crippen LogP contribution in [0, 0.1) is 5.82 Å². The van der Waals surface area contributed by atoms with Gasteiger partial charge in [0.15, 0.2) is 0 Å². The molecule has 1 aromatic carbocycles. The molecular weight excluding hydrogens is 307 g/mol. The van der Waals surface area contributed by atoms with E-state index < -0.39 is 0 Å². The maximum Gasteiger partial charge on any atom is 0.123 e. The number of aliphatic hydroxyl groups is 1. The lowest BCUT2D eigenvalue weighted by Gasteiger charge is -2.30. The van der Waals surface area contributed by atoms with E-state index in [4.69, 9.17) is 5.11 Å². The van der Waals surface area contributed by atoms with E-state index in [9.17, 15) is 4.39 Å². The topological polar surface area (TPSA) is 54.2 Å². The Balaban J connectivity index is 1.45. The van der Waals surface area contributed by atoms with E-state index >= 15 is 0 Å². The summed E-state index contributed by atoms with van der Waals surface area (Å²) in [6.45, 7) is 3.05. The molecule has 1 aromatic heterocycles. The fourth-order valence-electron chi connectivity index (χ4n) is 3.00. The molecule has 0 spiro atoms. The zero-order chi connectivity index (χ0) is 16.8. The first kappa shape index (κ1) is 16.8. The van der Waals surface area contributed by atoms with Crippen LogP contribution in [0.2, 0.25) is 0 Å². The van der Waals surface area contributed by atoms with Gasteiger partial charge in [0.25, 0.3) is 0 Å². The molecule has 0 bridgehead atoms. The second-order valence-corrected chi connectivity index (χ2v) is 6.15. The standard InChI is InChI=1S/C18H23FN4O/c19-16-5-3-15(4-6-16)2-1-10-22-11-7-18(8-12-22)23-14-17(9-13-24)20-21-23/h1-6,14,18,24H,7-13H2. The monoisotopic (exact) mass is 330 g/mol. The summed E-state index contributed by atoms with van der Waals surface area (Å²) in [7, 11) is 0. The molecule has 2 heterocycles. The van der Waals surface area contributed by atoms with Crippen molar-refractivity contribution in [2.45, 2.75) is 25.3 Å². The van der Waals surface area contributed by atoms with E-state index in [0.29, 0.717) is 12.5 Å². The quantitative estimate of drug-likeness (QED) is 0.883. The van der Waals surface area contributed by atoms with Crippen LogP contribution in [0.1, 0.15) is 30.1 Å². The molecule has 0 aliphatic carbocycles. The fraction of sp³-hybridized carbons (Fsp3) is 0.444. The van der Waals surface area contributed by atoms with Crippen LogP contribution in [-0.2, 0) is 6.42 Å². The number of benzene rings is 1. The Labute approximate surface area is 141 Å². The van der Waals surface area contributed by atoms with Crippen molar-refractivity contribution >= 4 is 6.08 Å². The van der Waals surface area contributed by atoms with Crippen LogP contribution in [0.15, 0.2) is 36.5 Å². The highest BCUT2D eigenvalue weighted by molar-refractivity contribution is 5.48. The molecule has 0 atom stereocenters. The summed E-state index contributed by atoms with van der Waals surface area (Å²) >= 11 is 0. The Bertz CT molecular complexity index is 660. The normalized spacial score (nSPS) is 16.9. The largest absolute Gasteiger partial charge is 0.396 e. The number of rotatable bonds is 6. The van der Waals surface area contributed by atoms with Crippen molar-refractivity contribution in [2.75, 3.05) is 26.2 Å². The third kappa shape index (κ3) is 4.49. The first-order chi connectivity index (χ1) is 11.7. The Morgan fingerprint density at radius 1 is 1.21 bits per heavy atom. The molecule has 1 aliphatic rings. The molecule has 0 unspecified atom stereocenters. The van der Waals surface area contributed by atoms with Gasteiger partial charge in [-0.2, -0.15) is 0 Å². The summed E-state index contributed by atoms with van der Waals surface area (Å²) in [6, 6.07) is 6.92. The molecular formula is C18H23FN4O. The third-order valence-corrected chi connectivity index (χ3v) is 4.40. The Hall–Kier alpha value is -2.05. The highest BCUT2D eigenvalue weighted by atomic mass is 19.1. The number of nitrogens with zero attached hydrogens (tertiary/aromatic N) is 4. The van der Waals surface area contributed by atoms with Gasteiger partial charge in [-0.15, -0.1) is 5.10 Å². The van der Waals surface area contributed by atoms with Crippen LogP contribution in [0.25, 0.3) is 6.08 Å². The predicted molar refractivity (Wildman–Crippen MR) is 91.0 cm³/mol. The summed E-state index contributed by atoms with van der Waals surface area (Å²) in [5.74, 6) is -0.204. The molecule has 3 rings (SSSR count). The second kappa shape index (κ2) is 8.17. The summed E-state index contributed by atoms with van der Waals surface area (Å²) in [5, 5.41) is 17.2. The van der Waals surface area contributed by atoms with Crippen molar-refractivity contribution in [3.63, 3.8) is 0 Å².